The molecule has 0 aliphatic rings. The van der Waals surface area contributed by atoms with E-state index in [2.05, 4.69) is 63.3 Å². The zero-order valence-electron chi connectivity index (χ0n) is 14.2. The minimum atomic E-state index is 0.786. The number of hydrogen-bond acceptors (Lipinski definition) is 2. The molecule has 3 rings (SSSR count). The summed E-state index contributed by atoms with van der Waals surface area (Å²) in [4.78, 5) is 0. The van der Waals surface area contributed by atoms with Gasteiger partial charge < -0.3 is 5.32 Å². The Kier molecular flexibility index (Phi) is 4.20. The van der Waals surface area contributed by atoms with Gasteiger partial charge in [-0.3, -0.25) is 0 Å². The normalized spacial score (nSPS) is 10.8. The first-order valence-corrected chi connectivity index (χ1v) is 7.98. The first-order valence-electron chi connectivity index (χ1n) is 7.98. The molecule has 0 aliphatic heterocycles. The van der Waals surface area contributed by atoms with E-state index < -0.39 is 0 Å². The summed E-state index contributed by atoms with van der Waals surface area (Å²) in [7, 11) is 0. The van der Waals surface area contributed by atoms with Crippen LogP contribution in [0, 0.1) is 27.7 Å². The third kappa shape index (κ3) is 3.14. The first-order chi connectivity index (χ1) is 11.1. The Hall–Kier alpha value is -2.55. The fourth-order valence-electron chi connectivity index (χ4n) is 2.95. The molecule has 0 amide bonds. The number of para-hydroxylation sites is 1. The maximum Gasteiger partial charge on any atom is 0.0650 e. The largest absolute Gasteiger partial charge is 0.381 e. The van der Waals surface area contributed by atoms with Crippen molar-refractivity contribution in [2.24, 2.45) is 0 Å². The molecule has 23 heavy (non-hydrogen) atoms. The van der Waals surface area contributed by atoms with Gasteiger partial charge in [-0.2, -0.15) is 5.10 Å². The van der Waals surface area contributed by atoms with Crippen LogP contribution in [0.5, 0.6) is 0 Å². The van der Waals surface area contributed by atoms with Gasteiger partial charge in [0.25, 0.3) is 0 Å². The SMILES string of the molecule is Cc1ccc(NCc2c(C)nn(-c3ccccc3)c2C)c(C)c1. The van der Waals surface area contributed by atoms with E-state index in [1.165, 1.54) is 28.1 Å². The lowest BCUT2D eigenvalue weighted by molar-refractivity contribution is 0.833. The van der Waals surface area contributed by atoms with Gasteiger partial charge >= 0.3 is 0 Å². The standard InChI is InChI=1S/C20H23N3/c1-14-10-11-20(15(2)12-14)21-13-19-16(3)22-23(17(19)4)18-8-6-5-7-9-18/h5-12,21H,13H2,1-4H3. The highest BCUT2D eigenvalue weighted by Gasteiger charge is 2.12. The van der Waals surface area contributed by atoms with E-state index in [1.807, 2.05) is 22.9 Å². The average Bonchev–Trinajstić information content (AvgIpc) is 2.82. The Morgan fingerprint density at radius 3 is 2.39 bits per heavy atom. The van der Waals surface area contributed by atoms with Crippen LogP contribution in [0.25, 0.3) is 5.69 Å². The van der Waals surface area contributed by atoms with E-state index in [9.17, 15) is 0 Å². The molecule has 0 unspecified atom stereocenters. The van der Waals surface area contributed by atoms with Crippen molar-refractivity contribution in [3.05, 3.63) is 76.6 Å². The summed E-state index contributed by atoms with van der Waals surface area (Å²) in [6.07, 6.45) is 0. The van der Waals surface area contributed by atoms with E-state index in [1.54, 1.807) is 0 Å². The molecule has 0 spiro atoms. The van der Waals surface area contributed by atoms with E-state index in [4.69, 9.17) is 5.10 Å². The molecule has 0 radical (unpaired) electrons. The number of aromatic nitrogens is 2. The lowest BCUT2D eigenvalue weighted by Crippen LogP contribution is -2.04. The van der Waals surface area contributed by atoms with Crippen molar-refractivity contribution in [3.63, 3.8) is 0 Å². The van der Waals surface area contributed by atoms with Crippen molar-refractivity contribution >= 4 is 5.69 Å². The second-order valence-corrected chi connectivity index (χ2v) is 6.07. The van der Waals surface area contributed by atoms with Gasteiger partial charge in [-0.15, -0.1) is 0 Å². The zero-order chi connectivity index (χ0) is 16.4. The average molecular weight is 305 g/mol. The molecule has 0 atom stereocenters. The molecule has 2 aromatic carbocycles. The molecule has 0 saturated carbocycles. The second kappa shape index (κ2) is 6.29. The van der Waals surface area contributed by atoms with Crippen molar-refractivity contribution in [3.8, 4) is 5.69 Å². The van der Waals surface area contributed by atoms with Crippen LogP contribution < -0.4 is 5.32 Å². The Bertz CT molecular complexity index is 816. The van der Waals surface area contributed by atoms with Gasteiger partial charge in [0.15, 0.2) is 0 Å². The van der Waals surface area contributed by atoms with Crippen LogP contribution in [-0.2, 0) is 6.54 Å². The molecule has 1 heterocycles. The van der Waals surface area contributed by atoms with Gasteiger partial charge in [0, 0.05) is 23.5 Å². The monoisotopic (exact) mass is 305 g/mol. The molecule has 3 nitrogen and oxygen atoms in total. The van der Waals surface area contributed by atoms with Crippen LogP contribution >= 0.6 is 0 Å². The van der Waals surface area contributed by atoms with Crippen molar-refractivity contribution in [2.75, 3.05) is 5.32 Å². The maximum absolute atomic E-state index is 4.71. The third-order valence-electron chi connectivity index (χ3n) is 4.28. The van der Waals surface area contributed by atoms with Gasteiger partial charge in [0.2, 0.25) is 0 Å². The highest BCUT2D eigenvalue weighted by atomic mass is 15.3. The van der Waals surface area contributed by atoms with Crippen molar-refractivity contribution in [2.45, 2.75) is 34.2 Å². The topological polar surface area (TPSA) is 29.9 Å². The van der Waals surface area contributed by atoms with Crippen molar-refractivity contribution in [1.29, 1.82) is 0 Å². The first kappa shape index (κ1) is 15.3. The highest BCUT2D eigenvalue weighted by molar-refractivity contribution is 5.52. The molecule has 0 bridgehead atoms. The molecular weight excluding hydrogens is 282 g/mol. The van der Waals surface area contributed by atoms with Crippen molar-refractivity contribution < 1.29 is 0 Å². The molecule has 0 fully saturated rings. The van der Waals surface area contributed by atoms with E-state index >= 15 is 0 Å². The van der Waals surface area contributed by atoms with Gasteiger partial charge in [-0.25, -0.2) is 4.68 Å². The van der Waals surface area contributed by atoms with Gasteiger partial charge in [0.05, 0.1) is 11.4 Å². The Morgan fingerprint density at radius 1 is 0.957 bits per heavy atom. The number of anilines is 1. The predicted molar refractivity (Wildman–Crippen MR) is 96.3 cm³/mol. The summed E-state index contributed by atoms with van der Waals surface area (Å²) >= 11 is 0. The summed E-state index contributed by atoms with van der Waals surface area (Å²) in [5.74, 6) is 0. The summed E-state index contributed by atoms with van der Waals surface area (Å²) in [5.41, 5.74) is 8.37. The Balaban J connectivity index is 1.85. The maximum atomic E-state index is 4.71. The fourth-order valence-corrected chi connectivity index (χ4v) is 2.95. The van der Waals surface area contributed by atoms with Crippen LogP contribution in [0.4, 0.5) is 5.69 Å². The van der Waals surface area contributed by atoms with Gasteiger partial charge in [0.1, 0.15) is 0 Å². The minimum Gasteiger partial charge on any atom is -0.381 e. The van der Waals surface area contributed by atoms with Crippen molar-refractivity contribution in [1.82, 2.24) is 9.78 Å². The fraction of sp³-hybridized carbons (Fsp3) is 0.250. The lowest BCUT2D eigenvalue weighted by Gasteiger charge is -2.11. The number of benzene rings is 2. The number of rotatable bonds is 4. The quantitative estimate of drug-likeness (QED) is 0.756. The molecule has 0 saturated heterocycles. The molecule has 3 heteroatoms. The summed E-state index contributed by atoms with van der Waals surface area (Å²) in [5, 5.41) is 8.26. The van der Waals surface area contributed by atoms with Crippen LogP contribution in [0.1, 0.15) is 28.1 Å². The number of aryl methyl sites for hydroxylation is 3. The second-order valence-electron chi connectivity index (χ2n) is 6.07. The Morgan fingerprint density at radius 2 is 1.70 bits per heavy atom. The number of hydrogen-bond donors (Lipinski definition) is 1. The van der Waals surface area contributed by atoms with Crippen LogP contribution in [-0.4, -0.2) is 9.78 Å². The van der Waals surface area contributed by atoms with Gasteiger partial charge in [-0.05, 0) is 51.5 Å². The van der Waals surface area contributed by atoms with Crippen LogP contribution in [0.3, 0.4) is 0 Å². The van der Waals surface area contributed by atoms with Gasteiger partial charge in [-0.1, -0.05) is 35.9 Å². The summed E-state index contributed by atoms with van der Waals surface area (Å²) in [6.45, 7) is 9.25. The summed E-state index contributed by atoms with van der Waals surface area (Å²) in [6, 6.07) is 16.8. The lowest BCUT2D eigenvalue weighted by atomic mass is 10.1. The van der Waals surface area contributed by atoms with E-state index in [0.29, 0.717) is 0 Å². The molecule has 3 aromatic rings. The molecule has 1 N–H and O–H groups in total. The van der Waals surface area contributed by atoms with Crippen LogP contribution in [0.15, 0.2) is 48.5 Å². The Labute approximate surface area is 138 Å². The molecule has 118 valence electrons. The third-order valence-corrected chi connectivity index (χ3v) is 4.28. The molecular formula is C20H23N3. The highest BCUT2D eigenvalue weighted by Crippen LogP contribution is 2.21. The number of nitrogens with zero attached hydrogens (tertiary/aromatic N) is 2. The zero-order valence-corrected chi connectivity index (χ0v) is 14.2. The number of nitrogens with one attached hydrogen (secondary N) is 1. The molecule has 1 aromatic heterocycles. The summed E-state index contributed by atoms with van der Waals surface area (Å²) < 4.78 is 2.02. The molecule has 0 aliphatic carbocycles. The predicted octanol–water partition coefficient (Wildman–Crippen LogP) is 4.72. The smallest absolute Gasteiger partial charge is 0.0650 e. The van der Waals surface area contributed by atoms with E-state index in [-0.39, 0.29) is 0 Å². The minimum absolute atomic E-state index is 0.786. The van der Waals surface area contributed by atoms with Crippen LogP contribution in [0.2, 0.25) is 0 Å². The van der Waals surface area contributed by atoms with E-state index in [0.717, 1.165) is 17.9 Å².